The summed E-state index contributed by atoms with van der Waals surface area (Å²) in [5, 5.41) is 12.5. The van der Waals surface area contributed by atoms with Crippen LogP contribution in [0.3, 0.4) is 0 Å². The van der Waals surface area contributed by atoms with Crippen LogP contribution in [0.25, 0.3) is 0 Å². The van der Waals surface area contributed by atoms with Crippen LogP contribution in [0.15, 0.2) is 0 Å². The molecule has 0 radical (unpaired) electrons. The molecule has 1 aromatic rings. The normalized spacial score (nSPS) is 14.0. The molecule has 2 atom stereocenters. The predicted molar refractivity (Wildman–Crippen MR) is 69.9 cm³/mol. The lowest BCUT2D eigenvalue weighted by molar-refractivity contribution is -0.140. The van der Waals surface area contributed by atoms with Gasteiger partial charge >= 0.3 is 5.97 Å². The number of hydrogen-bond donors (Lipinski definition) is 2. The smallest absolute Gasteiger partial charge is 0.326 e. The zero-order valence-electron chi connectivity index (χ0n) is 11.0. The van der Waals surface area contributed by atoms with Crippen molar-refractivity contribution < 1.29 is 14.7 Å². The third-order valence-electron chi connectivity index (χ3n) is 2.88. The molecule has 5 nitrogen and oxygen atoms in total. The summed E-state index contributed by atoms with van der Waals surface area (Å²) >= 11 is 1.43. The highest BCUT2D eigenvalue weighted by Gasteiger charge is 2.27. The quantitative estimate of drug-likeness (QED) is 0.857. The van der Waals surface area contributed by atoms with Crippen molar-refractivity contribution in [3.8, 4) is 0 Å². The molecule has 6 heteroatoms. The van der Waals surface area contributed by atoms with Crippen molar-refractivity contribution in [2.75, 3.05) is 0 Å². The Labute approximate surface area is 110 Å². The maximum Gasteiger partial charge on any atom is 0.326 e. The van der Waals surface area contributed by atoms with Gasteiger partial charge in [0.05, 0.1) is 5.01 Å². The number of aliphatic carboxylic acids is 1. The number of carbonyl (C=O) groups excluding carboxylic acids is 1. The summed E-state index contributed by atoms with van der Waals surface area (Å²) < 4.78 is 0. The highest BCUT2D eigenvalue weighted by molar-refractivity contribution is 7.11. The topological polar surface area (TPSA) is 79.3 Å². The van der Waals surface area contributed by atoms with E-state index in [1.807, 2.05) is 13.8 Å². The molecule has 18 heavy (non-hydrogen) atoms. The third kappa shape index (κ3) is 3.29. The number of nitrogens with one attached hydrogen (secondary N) is 1. The van der Waals surface area contributed by atoms with Gasteiger partial charge in [-0.1, -0.05) is 20.3 Å². The lowest BCUT2D eigenvalue weighted by Crippen LogP contribution is -2.45. The van der Waals surface area contributed by atoms with E-state index < -0.39 is 17.9 Å². The minimum Gasteiger partial charge on any atom is -0.480 e. The first-order valence-corrected chi connectivity index (χ1v) is 6.66. The van der Waals surface area contributed by atoms with E-state index in [9.17, 15) is 9.59 Å². The molecular formula is C12H18N2O3S. The van der Waals surface area contributed by atoms with Gasteiger partial charge in [0.25, 0.3) is 5.91 Å². The summed E-state index contributed by atoms with van der Waals surface area (Å²) in [6.45, 7) is 7.32. The average molecular weight is 270 g/mol. The van der Waals surface area contributed by atoms with E-state index >= 15 is 0 Å². The highest BCUT2D eigenvalue weighted by Crippen LogP contribution is 2.17. The standard InChI is InChI=1S/C12H18N2O3S/c1-5-6(2)9(12(16)17)14-11(15)10-7(3)18-8(4)13-10/h6,9H,5H2,1-4H3,(H,14,15)(H,16,17)/t6-,9-/m0/s1. The van der Waals surface area contributed by atoms with E-state index in [2.05, 4.69) is 10.3 Å². The van der Waals surface area contributed by atoms with Crippen LogP contribution in [-0.2, 0) is 4.79 Å². The van der Waals surface area contributed by atoms with Gasteiger partial charge < -0.3 is 10.4 Å². The highest BCUT2D eigenvalue weighted by atomic mass is 32.1. The second kappa shape index (κ2) is 5.95. The van der Waals surface area contributed by atoms with Gasteiger partial charge in [-0.25, -0.2) is 9.78 Å². The van der Waals surface area contributed by atoms with Crippen LogP contribution in [-0.4, -0.2) is 28.0 Å². The van der Waals surface area contributed by atoms with Crippen LogP contribution in [0, 0.1) is 19.8 Å². The third-order valence-corrected chi connectivity index (χ3v) is 3.77. The van der Waals surface area contributed by atoms with Crippen LogP contribution in [0.1, 0.15) is 40.6 Å². The Morgan fingerprint density at radius 2 is 2.06 bits per heavy atom. The Balaban J connectivity index is 2.85. The molecule has 0 bridgehead atoms. The van der Waals surface area contributed by atoms with Crippen molar-refractivity contribution in [2.45, 2.75) is 40.2 Å². The van der Waals surface area contributed by atoms with Crippen molar-refractivity contribution in [1.29, 1.82) is 0 Å². The first-order valence-electron chi connectivity index (χ1n) is 5.84. The maximum absolute atomic E-state index is 12.0. The fourth-order valence-electron chi connectivity index (χ4n) is 1.63. The van der Waals surface area contributed by atoms with Crippen LogP contribution in [0.5, 0.6) is 0 Å². The molecule has 0 saturated heterocycles. The molecule has 0 aromatic carbocycles. The molecule has 1 aromatic heterocycles. The largest absolute Gasteiger partial charge is 0.480 e. The van der Waals surface area contributed by atoms with Crippen LogP contribution >= 0.6 is 11.3 Å². The van der Waals surface area contributed by atoms with Gasteiger partial charge in [-0.2, -0.15) is 0 Å². The second-order valence-corrected chi connectivity index (χ2v) is 5.72. The number of nitrogens with zero attached hydrogens (tertiary/aromatic N) is 1. The van der Waals surface area contributed by atoms with Crippen molar-refractivity contribution >= 4 is 23.2 Å². The first kappa shape index (κ1) is 14.6. The summed E-state index contributed by atoms with van der Waals surface area (Å²) in [5.41, 5.74) is 0.326. The minimum absolute atomic E-state index is 0.119. The Bertz CT molecular complexity index is 456. The van der Waals surface area contributed by atoms with Gasteiger partial charge in [-0.15, -0.1) is 11.3 Å². The van der Waals surface area contributed by atoms with Crippen LogP contribution in [0.4, 0.5) is 0 Å². The fraction of sp³-hybridized carbons (Fsp3) is 0.583. The molecule has 0 fully saturated rings. The second-order valence-electron chi connectivity index (χ2n) is 4.31. The summed E-state index contributed by atoms with van der Waals surface area (Å²) in [7, 11) is 0. The van der Waals surface area contributed by atoms with E-state index in [4.69, 9.17) is 5.11 Å². The Morgan fingerprint density at radius 1 is 1.44 bits per heavy atom. The zero-order chi connectivity index (χ0) is 13.9. The van der Waals surface area contributed by atoms with Gasteiger partial charge in [0, 0.05) is 4.88 Å². The molecule has 0 aliphatic heterocycles. The zero-order valence-corrected chi connectivity index (χ0v) is 11.8. The number of carboxylic acid groups (broad SMARTS) is 1. The molecule has 1 rings (SSSR count). The fourth-order valence-corrected chi connectivity index (χ4v) is 2.45. The van der Waals surface area contributed by atoms with E-state index in [1.54, 1.807) is 13.8 Å². The molecule has 0 spiro atoms. The first-order chi connectivity index (χ1) is 8.36. The van der Waals surface area contributed by atoms with Gasteiger partial charge in [-0.05, 0) is 19.8 Å². The lowest BCUT2D eigenvalue weighted by atomic mass is 9.99. The predicted octanol–water partition coefficient (Wildman–Crippen LogP) is 1.99. The Hall–Kier alpha value is -1.43. The van der Waals surface area contributed by atoms with Gasteiger partial charge in [0.15, 0.2) is 0 Å². The monoisotopic (exact) mass is 270 g/mol. The number of carbonyl (C=O) groups is 2. The van der Waals surface area contributed by atoms with Crippen molar-refractivity contribution in [2.24, 2.45) is 5.92 Å². The Kier molecular flexibility index (Phi) is 4.84. The van der Waals surface area contributed by atoms with E-state index in [0.717, 1.165) is 9.88 Å². The summed E-state index contributed by atoms with van der Waals surface area (Å²) in [6.07, 6.45) is 0.687. The molecule has 100 valence electrons. The Morgan fingerprint density at radius 3 is 2.44 bits per heavy atom. The van der Waals surface area contributed by atoms with Gasteiger partial charge in [-0.3, -0.25) is 4.79 Å². The van der Waals surface area contributed by atoms with E-state index in [0.29, 0.717) is 12.1 Å². The molecule has 0 saturated carbocycles. The number of aryl methyl sites for hydroxylation is 2. The molecule has 0 unspecified atom stereocenters. The molecule has 1 heterocycles. The summed E-state index contributed by atoms with van der Waals surface area (Å²) in [6, 6.07) is -0.871. The van der Waals surface area contributed by atoms with Gasteiger partial charge in [0.2, 0.25) is 0 Å². The number of thiazole rings is 1. The van der Waals surface area contributed by atoms with E-state index in [-0.39, 0.29) is 5.92 Å². The van der Waals surface area contributed by atoms with Crippen molar-refractivity contribution in [1.82, 2.24) is 10.3 Å². The summed E-state index contributed by atoms with van der Waals surface area (Å²) in [4.78, 5) is 28.0. The van der Waals surface area contributed by atoms with Crippen molar-refractivity contribution in [3.05, 3.63) is 15.6 Å². The average Bonchev–Trinajstić information content (AvgIpc) is 2.63. The SMILES string of the molecule is CC[C@H](C)[C@H](NC(=O)c1nc(C)sc1C)C(=O)O. The lowest BCUT2D eigenvalue weighted by Gasteiger charge is -2.19. The number of hydrogen-bond acceptors (Lipinski definition) is 4. The molecule has 2 N–H and O–H groups in total. The number of aromatic nitrogens is 1. The number of carboxylic acids is 1. The van der Waals surface area contributed by atoms with Crippen LogP contribution in [0.2, 0.25) is 0 Å². The molecular weight excluding hydrogens is 252 g/mol. The van der Waals surface area contributed by atoms with Crippen LogP contribution < -0.4 is 5.32 Å². The molecule has 0 aliphatic carbocycles. The summed E-state index contributed by atoms with van der Waals surface area (Å²) in [5.74, 6) is -1.54. The van der Waals surface area contributed by atoms with E-state index in [1.165, 1.54) is 11.3 Å². The van der Waals surface area contributed by atoms with Gasteiger partial charge in [0.1, 0.15) is 11.7 Å². The maximum atomic E-state index is 12.0. The minimum atomic E-state index is -1.01. The number of amides is 1. The molecule has 0 aliphatic rings. The number of rotatable bonds is 5. The van der Waals surface area contributed by atoms with Crippen molar-refractivity contribution in [3.63, 3.8) is 0 Å². The molecule has 1 amide bonds.